The molecule has 0 atom stereocenters. The van der Waals surface area contributed by atoms with Crippen molar-refractivity contribution in [3.63, 3.8) is 0 Å². The van der Waals surface area contributed by atoms with Gasteiger partial charge in [-0.1, -0.05) is 6.07 Å². The molecule has 0 aliphatic rings. The average molecular weight is 344 g/mol. The molecule has 0 aliphatic heterocycles. The summed E-state index contributed by atoms with van der Waals surface area (Å²) in [6, 6.07) is 13.5. The highest BCUT2D eigenvalue weighted by Gasteiger charge is 2.34. The van der Waals surface area contributed by atoms with E-state index < -0.39 is 11.7 Å². The van der Waals surface area contributed by atoms with Crippen molar-refractivity contribution < 1.29 is 22.3 Å². The molecule has 2 nitrogen and oxygen atoms in total. The number of benzene rings is 1. The highest BCUT2D eigenvalue weighted by atomic mass is 19.4. The Kier molecular flexibility index (Phi) is 4.33. The number of aromatic nitrogens is 2. The lowest BCUT2D eigenvalue weighted by Crippen LogP contribution is -2.36. The highest BCUT2D eigenvalue weighted by molar-refractivity contribution is 5.66. The lowest BCUT2D eigenvalue weighted by atomic mass is 9.98. The van der Waals surface area contributed by atoms with Crippen molar-refractivity contribution in [2.45, 2.75) is 20.0 Å². The molecule has 1 aromatic carbocycles. The van der Waals surface area contributed by atoms with E-state index in [0.29, 0.717) is 11.3 Å². The Hall–Kier alpha value is -2.69. The Morgan fingerprint density at radius 1 is 0.880 bits per heavy atom. The van der Waals surface area contributed by atoms with Crippen molar-refractivity contribution in [1.29, 1.82) is 0 Å². The van der Waals surface area contributed by atoms with Crippen LogP contribution in [0.2, 0.25) is 0 Å². The third kappa shape index (κ3) is 3.27. The van der Waals surface area contributed by atoms with Gasteiger partial charge in [0.15, 0.2) is 18.1 Å². The topological polar surface area (TPSA) is 7.76 Å². The summed E-state index contributed by atoms with van der Waals surface area (Å²) in [7, 11) is 1.83. The van der Waals surface area contributed by atoms with Crippen LogP contribution in [-0.2, 0) is 13.2 Å². The summed E-state index contributed by atoms with van der Waals surface area (Å²) in [6.07, 6.45) is -0.796. The Balaban J connectivity index is 2.35. The summed E-state index contributed by atoms with van der Waals surface area (Å²) in [4.78, 5) is 0. The lowest BCUT2D eigenvalue weighted by Gasteiger charge is -2.13. The van der Waals surface area contributed by atoms with Crippen LogP contribution in [-0.4, -0.2) is 0 Å². The maximum absolute atomic E-state index is 13.5. The maximum atomic E-state index is 13.5. The molecule has 0 N–H and O–H groups in total. The first kappa shape index (κ1) is 17.1. The quantitative estimate of drug-likeness (QED) is 0.619. The molecule has 0 bridgehead atoms. The summed E-state index contributed by atoms with van der Waals surface area (Å²) in [6.45, 7) is 3.74. The molecule has 2 heterocycles. The Morgan fingerprint density at radius 3 is 2.20 bits per heavy atom. The van der Waals surface area contributed by atoms with Crippen LogP contribution >= 0.6 is 0 Å². The number of hydrogen-bond acceptors (Lipinski definition) is 0. The van der Waals surface area contributed by atoms with E-state index in [1.54, 1.807) is 10.8 Å². The first-order chi connectivity index (χ1) is 11.8. The van der Waals surface area contributed by atoms with Gasteiger partial charge >= 0.3 is 6.18 Å². The van der Waals surface area contributed by atoms with E-state index in [1.807, 2.05) is 68.1 Å². The number of halogens is 3. The molecule has 0 saturated heterocycles. The van der Waals surface area contributed by atoms with Gasteiger partial charge in [-0.2, -0.15) is 17.7 Å². The van der Waals surface area contributed by atoms with Gasteiger partial charge in [0.2, 0.25) is 11.4 Å². The van der Waals surface area contributed by atoms with Crippen molar-refractivity contribution in [3.8, 4) is 16.9 Å². The molecule has 3 aromatic rings. The summed E-state index contributed by atoms with van der Waals surface area (Å²) in [5, 5.41) is 0. The number of hydrogen-bond donors (Lipinski definition) is 0. The zero-order valence-electron chi connectivity index (χ0n) is 14.3. The van der Waals surface area contributed by atoms with Gasteiger partial charge < -0.3 is 0 Å². The molecule has 0 unspecified atom stereocenters. The van der Waals surface area contributed by atoms with Gasteiger partial charge in [-0.3, -0.25) is 0 Å². The van der Waals surface area contributed by atoms with Crippen molar-refractivity contribution in [2.24, 2.45) is 7.05 Å². The van der Waals surface area contributed by atoms with Crippen molar-refractivity contribution in [2.75, 3.05) is 0 Å². The average Bonchev–Trinajstić information content (AvgIpc) is 2.55. The minimum absolute atomic E-state index is 0.534. The number of aryl methyl sites for hydroxylation is 2. The van der Waals surface area contributed by atoms with Crippen LogP contribution in [0.25, 0.3) is 16.9 Å². The van der Waals surface area contributed by atoms with E-state index in [2.05, 4.69) is 0 Å². The summed E-state index contributed by atoms with van der Waals surface area (Å²) in [5.74, 6) is 0. The van der Waals surface area contributed by atoms with Crippen molar-refractivity contribution >= 4 is 0 Å². The number of alkyl halides is 3. The fourth-order valence-electron chi connectivity index (χ4n) is 2.98. The van der Waals surface area contributed by atoms with E-state index in [0.717, 1.165) is 17.0 Å². The van der Waals surface area contributed by atoms with Crippen LogP contribution in [0.15, 0.2) is 60.9 Å². The number of nitrogens with zero attached hydrogens (tertiary/aromatic N) is 2. The van der Waals surface area contributed by atoms with Crippen LogP contribution in [0, 0.1) is 13.8 Å². The second kappa shape index (κ2) is 6.31. The van der Waals surface area contributed by atoms with Crippen LogP contribution in [0.1, 0.15) is 16.8 Å². The summed E-state index contributed by atoms with van der Waals surface area (Å²) < 4.78 is 44.1. The van der Waals surface area contributed by atoms with E-state index in [-0.39, 0.29) is 0 Å². The largest absolute Gasteiger partial charge is 0.416 e. The first-order valence-corrected chi connectivity index (χ1v) is 7.93. The second-order valence-corrected chi connectivity index (χ2v) is 6.07. The van der Waals surface area contributed by atoms with Gasteiger partial charge in [0, 0.05) is 42.8 Å². The molecule has 0 fully saturated rings. The molecule has 5 heteroatoms. The fourth-order valence-corrected chi connectivity index (χ4v) is 2.98. The van der Waals surface area contributed by atoms with Gasteiger partial charge in [-0.15, -0.1) is 0 Å². The molecular weight excluding hydrogens is 325 g/mol. The number of pyridine rings is 2. The molecule has 0 amide bonds. The standard InChI is InChI=1S/C20H19F3N2/c1-14-8-4-7-11-25(14)19-13-16(20(21,22)23)12-17(15(19)2)18-9-5-6-10-24(18)3/h4-13H,1-3H3/q+2. The molecule has 0 saturated carbocycles. The van der Waals surface area contributed by atoms with Crippen molar-refractivity contribution in [1.82, 2.24) is 0 Å². The van der Waals surface area contributed by atoms with Gasteiger partial charge in [0.1, 0.15) is 7.05 Å². The molecule has 0 aliphatic carbocycles. The molecule has 25 heavy (non-hydrogen) atoms. The third-order valence-electron chi connectivity index (χ3n) is 4.36. The third-order valence-corrected chi connectivity index (χ3v) is 4.36. The molecule has 0 spiro atoms. The minimum Gasteiger partial charge on any atom is -0.201 e. The van der Waals surface area contributed by atoms with Crippen molar-refractivity contribution in [3.05, 3.63) is 77.7 Å². The predicted octanol–water partition coefficient (Wildman–Crippen LogP) is 4.09. The smallest absolute Gasteiger partial charge is 0.201 e. The monoisotopic (exact) mass is 344 g/mol. The predicted molar refractivity (Wildman–Crippen MR) is 89.1 cm³/mol. The minimum atomic E-state index is -4.41. The first-order valence-electron chi connectivity index (χ1n) is 7.93. The van der Waals surface area contributed by atoms with E-state index in [4.69, 9.17) is 0 Å². The van der Waals surface area contributed by atoms with Crippen LogP contribution in [0.4, 0.5) is 13.2 Å². The summed E-state index contributed by atoms with van der Waals surface area (Å²) in [5.41, 5.74) is 2.86. The normalized spacial score (nSPS) is 11.6. The Bertz CT molecular complexity index is 864. The SMILES string of the molecule is Cc1c(-c2cccc[n+]2C)cc(C(F)(F)F)cc1-[n+]1ccccc1C. The van der Waals surface area contributed by atoms with Gasteiger partial charge in [-0.25, -0.2) is 4.57 Å². The maximum Gasteiger partial charge on any atom is 0.416 e. The highest BCUT2D eigenvalue weighted by Crippen LogP contribution is 2.35. The molecule has 0 radical (unpaired) electrons. The number of rotatable bonds is 2. The molecule has 3 rings (SSSR count). The Labute approximate surface area is 144 Å². The molecule has 2 aromatic heterocycles. The van der Waals surface area contributed by atoms with E-state index in [9.17, 15) is 13.2 Å². The lowest BCUT2D eigenvalue weighted by molar-refractivity contribution is -0.660. The second-order valence-electron chi connectivity index (χ2n) is 6.07. The Morgan fingerprint density at radius 2 is 1.56 bits per heavy atom. The van der Waals surface area contributed by atoms with Crippen LogP contribution in [0.3, 0.4) is 0 Å². The summed E-state index contributed by atoms with van der Waals surface area (Å²) >= 11 is 0. The van der Waals surface area contributed by atoms with Gasteiger partial charge in [-0.05, 0) is 19.1 Å². The van der Waals surface area contributed by atoms with Gasteiger partial charge in [0.05, 0.1) is 11.1 Å². The zero-order chi connectivity index (χ0) is 18.2. The molecular formula is C20H19F3N2+2. The fraction of sp³-hybridized carbons (Fsp3) is 0.200. The zero-order valence-corrected chi connectivity index (χ0v) is 14.3. The van der Waals surface area contributed by atoms with E-state index in [1.165, 1.54) is 12.1 Å². The molecule has 128 valence electrons. The van der Waals surface area contributed by atoms with E-state index >= 15 is 0 Å². The van der Waals surface area contributed by atoms with Crippen LogP contribution < -0.4 is 9.13 Å². The van der Waals surface area contributed by atoms with Gasteiger partial charge in [0.25, 0.3) is 0 Å². The van der Waals surface area contributed by atoms with Crippen LogP contribution in [0.5, 0.6) is 0 Å².